The highest BCUT2D eigenvalue weighted by atomic mass is 19.1. The molecule has 1 aliphatic heterocycles. The lowest BCUT2D eigenvalue weighted by Crippen LogP contribution is -2.26. The fraction of sp³-hybridized carbons (Fsp3) is 0.190. The van der Waals surface area contributed by atoms with E-state index in [4.69, 9.17) is 0 Å². The minimum absolute atomic E-state index is 0.0327. The van der Waals surface area contributed by atoms with Crippen LogP contribution in [0, 0.1) is 5.82 Å². The van der Waals surface area contributed by atoms with Gasteiger partial charge in [-0.3, -0.25) is 4.79 Å². The van der Waals surface area contributed by atoms with Gasteiger partial charge in [-0.1, -0.05) is 30.3 Å². The Labute approximate surface area is 146 Å². The van der Waals surface area contributed by atoms with E-state index < -0.39 is 0 Å². The average Bonchev–Trinajstić information content (AvgIpc) is 3.14. The van der Waals surface area contributed by atoms with Crippen molar-refractivity contribution in [1.82, 2.24) is 9.47 Å². The van der Waals surface area contributed by atoms with Crippen LogP contribution < -0.4 is 0 Å². The molecule has 3 nitrogen and oxygen atoms in total. The summed E-state index contributed by atoms with van der Waals surface area (Å²) in [5, 5.41) is 0. The normalized spacial score (nSPS) is 16.4. The van der Waals surface area contributed by atoms with Crippen molar-refractivity contribution in [3.63, 3.8) is 0 Å². The van der Waals surface area contributed by atoms with E-state index >= 15 is 0 Å². The molecule has 1 unspecified atom stereocenters. The standard InChI is InChI=1S/C21H19FN2O/c1-14-18-5-3-4-6-19(18)21(25)24(14)13-17-8-7-15(11-20(17)22)16-9-10-23(2)12-16/h3-12,14H,13H2,1-2H3. The number of hydrogen-bond donors (Lipinski definition) is 0. The fourth-order valence-corrected chi connectivity index (χ4v) is 3.48. The van der Waals surface area contributed by atoms with Gasteiger partial charge in [-0.05, 0) is 41.8 Å². The van der Waals surface area contributed by atoms with Crippen molar-refractivity contribution in [2.24, 2.45) is 7.05 Å². The van der Waals surface area contributed by atoms with Crippen molar-refractivity contribution >= 4 is 5.91 Å². The largest absolute Gasteiger partial charge is 0.357 e. The maximum Gasteiger partial charge on any atom is 0.255 e. The molecule has 0 fully saturated rings. The molecule has 2 heterocycles. The van der Waals surface area contributed by atoms with Crippen LogP contribution in [-0.4, -0.2) is 15.4 Å². The van der Waals surface area contributed by atoms with E-state index in [9.17, 15) is 9.18 Å². The van der Waals surface area contributed by atoms with Gasteiger partial charge in [0.1, 0.15) is 5.82 Å². The Hall–Kier alpha value is -2.88. The summed E-state index contributed by atoms with van der Waals surface area (Å²) >= 11 is 0. The summed E-state index contributed by atoms with van der Waals surface area (Å²) in [4.78, 5) is 14.3. The number of fused-ring (bicyclic) bond motifs is 1. The molecule has 0 spiro atoms. The maximum atomic E-state index is 14.6. The van der Waals surface area contributed by atoms with Crippen LogP contribution in [0.1, 0.15) is 34.5 Å². The van der Waals surface area contributed by atoms with Crippen LogP contribution in [0.2, 0.25) is 0 Å². The molecule has 0 radical (unpaired) electrons. The van der Waals surface area contributed by atoms with Gasteiger partial charge in [-0.15, -0.1) is 0 Å². The van der Waals surface area contributed by atoms with E-state index in [1.54, 1.807) is 17.0 Å². The van der Waals surface area contributed by atoms with Crippen LogP contribution in [0.15, 0.2) is 60.9 Å². The number of nitrogens with zero attached hydrogens (tertiary/aromatic N) is 2. The van der Waals surface area contributed by atoms with Gasteiger partial charge in [0.15, 0.2) is 0 Å². The number of carbonyl (C=O) groups excluding carboxylic acids is 1. The first-order chi connectivity index (χ1) is 12.0. The molecule has 126 valence electrons. The van der Waals surface area contributed by atoms with E-state index in [2.05, 4.69) is 0 Å². The van der Waals surface area contributed by atoms with E-state index in [1.165, 1.54) is 0 Å². The Balaban J connectivity index is 1.61. The monoisotopic (exact) mass is 334 g/mol. The molecule has 4 rings (SSSR count). The van der Waals surface area contributed by atoms with Crippen LogP contribution >= 0.6 is 0 Å². The molecular formula is C21H19FN2O. The molecule has 1 aliphatic rings. The third-order valence-corrected chi connectivity index (χ3v) is 4.93. The first kappa shape index (κ1) is 15.6. The van der Waals surface area contributed by atoms with E-state index in [-0.39, 0.29) is 24.3 Å². The molecule has 3 aromatic rings. The van der Waals surface area contributed by atoms with Crippen molar-refractivity contribution in [3.05, 3.63) is 83.4 Å². The number of amides is 1. The van der Waals surface area contributed by atoms with Crippen molar-refractivity contribution < 1.29 is 9.18 Å². The van der Waals surface area contributed by atoms with Crippen LogP contribution in [0.5, 0.6) is 0 Å². The van der Waals surface area contributed by atoms with Gasteiger partial charge < -0.3 is 9.47 Å². The van der Waals surface area contributed by atoms with Gasteiger partial charge in [0, 0.05) is 37.1 Å². The van der Waals surface area contributed by atoms with Crippen LogP contribution in [0.3, 0.4) is 0 Å². The van der Waals surface area contributed by atoms with Crippen LogP contribution in [0.25, 0.3) is 11.1 Å². The van der Waals surface area contributed by atoms with Crippen molar-refractivity contribution in [1.29, 1.82) is 0 Å². The Morgan fingerprint density at radius 2 is 1.88 bits per heavy atom. The summed E-state index contributed by atoms with van der Waals surface area (Å²) in [6, 6.07) is 14.7. The molecule has 4 heteroatoms. The fourth-order valence-electron chi connectivity index (χ4n) is 3.48. The van der Waals surface area contributed by atoms with Gasteiger partial charge in [-0.2, -0.15) is 0 Å². The number of aromatic nitrogens is 1. The highest BCUT2D eigenvalue weighted by Gasteiger charge is 2.33. The molecule has 1 atom stereocenters. The lowest BCUT2D eigenvalue weighted by atomic mass is 10.0. The first-order valence-electron chi connectivity index (χ1n) is 8.35. The molecule has 0 aliphatic carbocycles. The van der Waals surface area contributed by atoms with Crippen LogP contribution in [-0.2, 0) is 13.6 Å². The summed E-state index contributed by atoms with van der Waals surface area (Å²) < 4.78 is 16.6. The number of rotatable bonds is 3. The predicted octanol–water partition coefficient (Wildman–Crippen LogP) is 4.55. The van der Waals surface area contributed by atoms with Crippen molar-refractivity contribution in [3.8, 4) is 11.1 Å². The van der Waals surface area contributed by atoms with Gasteiger partial charge in [0.25, 0.3) is 5.91 Å². The summed E-state index contributed by atoms with van der Waals surface area (Å²) in [6.07, 6.45) is 3.89. The minimum Gasteiger partial charge on any atom is -0.357 e. The van der Waals surface area contributed by atoms with Gasteiger partial charge in [0.05, 0.1) is 6.04 Å². The topological polar surface area (TPSA) is 25.2 Å². The molecule has 0 bridgehead atoms. The molecule has 1 amide bonds. The molecule has 0 saturated heterocycles. The maximum absolute atomic E-state index is 14.6. The summed E-state index contributed by atoms with van der Waals surface area (Å²) in [5.74, 6) is -0.313. The van der Waals surface area contributed by atoms with Crippen molar-refractivity contribution in [2.75, 3.05) is 0 Å². The summed E-state index contributed by atoms with van der Waals surface area (Å²) in [6.45, 7) is 2.26. The number of benzene rings is 2. The Bertz CT molecular complexity index is 960. The van der Waals surface area contributed by atoms with Gasteiger partial charge in [-0.25, -0.2) is 4.39 Å². The van der Waals surface area contributed by atoms with Gasteiger partial charge in [0.2, 0.25) is 0 Å². The predicted molar refractivity (Wildman–Crippen MR) is 95.5 cm³/mol. The molecule has 0 saturated carbocycles. The highest BCUT2D eigenvalue weighted by Crippen LogP contribution is 2.34. The molecule has 1 aromatic heterocycles. The quantitative estimate of drug-likeness (QED) is 0.690. The SMILES string of the molecule is CC1c2ccccc2C(=O)N1Cc1ccc(-c2ccn(C)c2)cc1F. The second-order valence-electron chi connectivity index (χ2n) is 6.57. The Morgan fingerprint density at radius 1 is 1.08 bits per heavy atom. The smallest absolute Gasteiger partial charge is 0.255 e. The van der Waals surface area contributed by atoms with Gasteiger partial charge >= 0.3 is 0 Å². The minimum atomic E-state index is -0.280. The zero-order chi connectivity index (χ0) is 17.6. The molecular weight excluding hydrogens is 315 g/mol. The first-order valence-corrected chi connectivity index (χ1v) is 8.35. The van der Waals surface area contributed by atoms with Crippen molar-refractivity contribution in [2.45, 2.75) is 19.5 Å². The van der Waals surface area contributed by atoms with E-state index in [1.807, 2.05) is 67.3 Å². The molecule has 25 heavy (non-hydrogen) atoms. The van der Waals surface area contributed by atoms with Crippen LogP contribution in [0.4, 0.5) is 4.39 Å². The number of carbonyl (C=O) groups is 1. The third kappa shape index (κ3) is 2.64. The zero-order valence-corrected chi connectivity index (χ0v) is 14.2. The molecule has 2 aromatic carbocycles. The lowest BCUT2D eigenvalue weighted by molar-refractivity contribution is 0.0721. The lowest BCUT2D eigenvalue weighted by Gasteiger charge is -2.22. The number of aryl methyl sites for hydroxylation is 1. The zero-order valence-electron chi connectivity index (χ0n) is 14.2. The average molecular weight is 334 g/mol. The van der Waals surface area contributed by atoms with E-state index in [0.29, 0.717) is 5.56 Å². The molecule has 0 N–H and O–H groups in total. The Kier molecular flexibility index (Phi) is 3.68. The Morgan fingerprint density at radius 3 is 2.56 bits per heavy atom. The second-order valence-corrected chi connectivity index (χ2v) is 6.57. The number of hydrogen-bond acceptors (Lipinski definition) is 1. The highest BCUT2D eigenvalue weighted by molar-refractivity contribution is 5.99. The number of halogens is 1. The second kappa shape index (κ2) is 5.88. The van der Waals surface area contributed by atoms with E-state index in [0.717, 1.165) is 22.3 Å². The summed E-state index contributed by atoms with van der Waals surface area (Å²) in [7, 11) is 1.94. The summed E-state index contributed by atoms with van der Waals surface area (Å²) in [5.41, 5.74) is 4.08. The third-order valence-electron chi connectivity index (χ3n) is 4.93.